The van der Waals surface area contributed by atoms with Crippen LogP contribution in [0.1, 0.15) is 0 Å². The Labute approximate surface area is 55.0 Å². The molecule has 0 atom stereocenters. The second-order valence-electron chi connectivity index (χ2n) is 1.11. The molecule has 54 valence electrons. The Morgan fingerprint density at radius 2 is 2.00 bits per heavy atom. The van der Waals surface area contributed by atoms with Crippen LogP contribution in [0, 0.1) is 0 Å². The highest BCUT2D eigenvalue weighted by molar-refractivity contribution is 7.80. The van der Waals surface area contributed by atoms with Crippen molar-refractivity contribution >= 4 is 17.4 Å². The van der Waals surface area contributed by atoms with Crippen molar-refractivity contribution in [3.8, 4) is 0 Å². The van der Waals surface area contributed by atoms with E-state index in [0.29, 0.717) is 0 Å². The smallest absolute Gasteiger partial charge is 0.474 e. The molecule has 6 heteroatoms. The van der Waals surface area contributed by atoms with E-state index in [0.717, 1.165) is 12.4 Å². The lowest BCUT2D eigenvalue weighted by Crippen LogP contribution is -2.36. The summed E-state index contributed by atoms with van der Waals surface area (Å²) in [7, 11) is 1.06. The molecule has 0 radical (unpaired) electrons. The molecule has 0 heterocycles. The summed E-state index contributed by atoms with van der Waals surface area (Å²) in [6.45, 7) is 0. The maximum atomic E-state index is 11.2. The van der Waals surface area contributed by atoms with Gasteiger partial charge in [0.25, 0.3) is 5.17 Å². The summed E-state index contributed by atoms with van der Waals surface area (Å²) in [6, 6.07) is 0. The Bertz CT molecular complexity index is 112. The summed E-state index contributed by atoms with van der Waals surface area (Å²) in [5.41, 5.74) is 0. The molecule has 0 saturated heterocycles. The quantitative estimate of drug-likeness (QED) is 0.421. The van der Waals surface area contributed by atoms with E-state index in [1.165, 1.54) is 0 Å². The van der Waals surface area contributed by atoms with Crippen LogP contribution in [0.2, 0.25) is 0 Å². The minimum Gasteiger partial charge on any atom is -0.474 e. The van der Waals surface area contributed by atoms with Gasteiger partial charge in [0, 0.05) is 0 Å². The fraction of sp³-hybridized carbons (Fsp3) is 0.667. The molecule has 0 amide bonds. The highest BCUT2D eigenvalue weighted by Gasteiger charge is 2.28. The summed E-state index contributed by atoms with van der Waals surface area (Å²) in [5, 5.41) is 0.300. The van der Waals surface area contributed by atoms with Crippen LogP contribution in [0.15, 0.2) is 0 Å². The molecule has 0 aliphatic rings. The zero-order chi connectivity index (χ0) is 7.49. The minimum absolute atomic E-state index is 0.678. The second-order valence-corrected chi connectivity index (χ2v) is 1.49. The highest BCUT2D eigenvalue weighted by Crippen LogP contribution is 2.08. The lowest BCUT2D eigenvalue weighted by Gasteiger charge is -2.07. The van der Waals surface area contributed by atoms with Gasteiger partial charge in [0.15, 0.2) is 0 Å². The number of thiocarbonyl (C=S) groups is 1. The van der Waals surface area contributed by atoms with Crippen LogP contribution in [0.3, 0.4) is 0 Å². The van der Waals surface area contributed by atoms with Crippen LogP contribution in [0.5, 0.6) is 0 Å². The van der Waals surface area contributed by atoms with E-state index in [9.17, 15) is 13.2 Å². The van der Waals surface area contributed by atoms with E-state index < -0.39 is 11.5 Å². The molecule has 9 heavy (non-hydrogen) atoms. The van der Waals surface area contributed by atoms with Gasteiger partial charge in [-0.3, -0.25) is 5.32 Å². The van der Waals surface area contributed by atoms with Crippen molar-refractivity contribution in [3.63, 3.8) is 0 Å². The SMILES string of the molecule is COC(=S)NC(F)(F)F. The van der Waals surface area contributed by atoms with Crippen molar-refractivity contribution in [2.24, 2.45) is 0 Å². The van der Waals surface area contributed by atoms with Gasteiger partial charge in [-0.15, -0.1) is 0 Å². The number of alkyl halides is 3. The van der Waals surface area contributed by atoms with Crippen molar-refractivity contribution < 1.29 is 17.9 Å². The van der Waals surface area contributed by atoms with Gasteiger partial charge in [0.05, 0.1) is 7.11 Å². The van der Waals surface area contributed by atoms with Gasteiger partial charge < -0.3 is 4.74 Å². The van der Waals surface area contributed by atoms with Gasteiger partial charge >= 0.3 is 6.30 Å². The monoisotopic (exact) mass is 159 g/mol. The Hall–Kier alpha value is -0.520. The first kappa shape index (κ1) is 8.48. The molecule has 0 aromatic carbocycles. The number of nitrogens with one attached hydrogen (secondary N) is 1. The first-order chi connectivity index (χ1) is 3.95. The van der Waals surface area contributed by atoms with Gasteiger partial charge in [-0.05, 0) is 12.2 Å². The Morgan fingerprint density at radius 3 is 2.11 bits per heavy atom. The van der Waals surface area contributed by atoms with Crippen LogP contribution in [0.4, 0.5) is 13.2 Å². The predicted molar refractivity (Wildman–Crippen MR) is 28.8 cm³/mol. The van der Waals surface area contributed by atoms with Gasteiger partial charge in [0.2, 0.25) is 0 Å². The zero-order valence-corrected chi connectivity index (χ0v) is 5.27. The van der Waals surface area contributed by atoms with E-state index in [-0.39, 0.29) is 0 Å². The highest BCUT2D eigenvalue weighted by atomic mass is 32.1. The zero-order valence-electron chi connectivity index (χ0n) is 4.45. The molecule has 0 saturated carbocycles. The lowest BCUT2D eigenvalue weighted by atomic mass is 11.0. The standard InChI is InChI=1S/C3H4F3NOS/c1-8-2(9)7-3(4,5)6/h1H3,(H,7,9). The number of rotatable bonds is 0. The third-order valence-electron chi connectivity index (χ3n) is 0.429. The van der Waals surface area contributed by atoms with Crippen molar-refractivity contribution in [2.75, 3.05) is 7.11 Å². The van der Waals surface area contributed by atoms with Gasteiger partial charge in [0.1, 0.15) is 0 Å². The lowest BCUT2D eigenvalue weighted by molar-refractivity contribution is -0.144. The molecular weight excluding hydrogens is 155 g/mol. The normalized spacial score (nSPS) is 10.7. The molecule has 2 nitrogen and oxygen atoms in total. The third-order valence-corrected chi connectivity index (χ3v) is 0.698. The van der Waals surface area contributed by atoms with E-state index in [4.69, 9.17) is 0 Å². The molecule has 0 aliphatic heterocycles. The molecule has 1 N–H and O–H groups in total. The summed E-state index contributed by atoms with van der Waals surface area (Å²) in [4.78, 5) is 0. The molecule has 0 bridgehead atoms. The van der Waals surface area contributed by atoms with Crippen molar-refractivity contribution in [1.82, 2.24) is 5.32 Å². The number of hydrogen-bond donors (Lipinski definition) is 1. The Kier molecular flexibility index (Phi) is 2.69. The topological polar surface area (TPSA) is 21.3 Å². The number of hydrogen-bond acceptors (Lipinski definition) is 2. The number of halogens is 3. The average Bonchev–Trinajstić information content (AvgIpc) is 1.62. The molecule has 0 aromatic rings. The van der Waals surface area contributed by atoms with Crippen molar-refractivity contribution in [2.45, 2.75) is 6.30 Å². The molecule has 0 aliphatic carbocycles. The van der Waals surface area contributed by atoms with E-state index in [1.54, 1.807) is 0 Å². The van der Waals surface area contributed by atoms with Crippen LogP contribution >= 0.6 is 12.2 Å². The Morgan fingerprint density at radius 1 is 1.56 bits per heavy atom. The number of methoxy groups -OCH3 is 1. The van der Waals surface area contributed by atoms with E-state index in [2.05, 4.69) is 17.0 Å². The molecule has 0 fully saturated rings. The van der Waals surface area contributed by atoms with Gasteiger partial charge in [-0.25, -0.2) is 0 Å². The van der Waals surface area contributed by atoms with Crippen molar-refractivity contribution in [1.29, 1.82) is 0 Å². The Balaban J connectivity index is 3.60. The average molecular weight is 159 g/mol. The van der Waals surface area contributed by atoms with Crippen LogP contribution in [-0.4, -0.2) is 18.6 Å². The first-order valence-electron chi connectivity index (χ1n) is 1.88. The fourth-order valence-electron chi connectivity index (χ4n) is 0.167. The molecule has 0 rings (SSSR count). The third kappa shape index (κ3) is 5.35. The molecular formula is C3H4F3NOS. The predicted octanol–water partition coefficient (Wildman–Crippen LogP) is 1.03. The summed E-state index contributed by atoms with van der Waals surface area (Å²) in [6.07, 6.45) is -4.49. The molecule has 0 aromatic heterocycles. The summed E-state index contributed by atoms with van der Waals surface area (Å²) in [5.74, 6) is 0. The van der Waals surface area contributed by atoms with Crippen LogP contribution < -0.4 is 5.32 Å². The summed E-state index contributed by atoms with van der Waals surface area (Å²) < 4.78 is 37.7. The van der Waals surface area contributed by atoms with Gasteiger partial charge in [-0.2, -0.15) is 13.2 Å². The van der Waals surface area contributed by atoms with Crippen LogP contribution in [-0.2, 0) is 4.74 Å². The first-order valence-corrected chi connectivity index (χ1v) is 2.29. The summed E-state index contributed by atoms with van der Waals surface area (Å²) >= 11 is 4.05. The van der Waals surface area contributed by atoms with Crippen LogP contribution in [0.25, 0.3) is 0 Å². The maximum absolute atomic E-state index is 11.2. The molecule has 0 unspecified atom stereocenters. The second kappa shape index (κ2) is 2.86. The van der Waals surface area contributed by atoms with E-state index in [1.807, 2.05) is 0 Å². The van der Waals surface area contributed by atoms with Crippen molar-refractivity contribution in [3.05, 3.63) is 0 Å². The number of ether oxygens (including phenoxy) is 1. The largest absolute Gasteiger partial charge is 0.485 e. The molecule has 0 spiro atoms. The van der Waals surface area contributed by atoms with E-state index >= 15 is 0 Å². The minimum atomic E-state index is -4.49. The maximum Gasteiger partial charge on any atom is 0.485 e. The fourth-order valence-corrected chi connectivity index (χ4v) is 0.282. The van der Waals surface area contributed by atoms with Gasteiger partial charge in [-0.1, -0.05) is 0 Å².